The molecule has 0 saturated heterocycles. The fraction of sp³-hybridized carbons (Fsp3) is 0.444. The van der Waals surface area contributed by atoms with Crippen molar-refractivity contribution in [1.29, 1.82) is 0 Å². The van der Waals surface area contributed by atoms with Gasteiger partial charge in [0.1, 0.15) is 5.69 Å². The Bertz CT molecular complexity index is 689. The van der Waals surface area contributed by atoms with E-state index < -0.39 is 0 Å². The van der Waals surface area contributed by atoms with Gasteiger partial charge in [0.05, 0.1) is 0 Å². The molecule has 0 spiro atoms. The number of likely N-dealkylation sites (N-methyl/N-ethyl adjacent to an activating group) is 2. The molecule has 0 unspecified atom stereocenters. The van der Waals surface area contributed by atoms with Gasteiger partial charge in [0.25, 0.3) is 5.91 Å². The molecule has 0 atom stereocenters. The molecule has 2 aromatic heterocycles. The van der Waals surface area contributed by atoms with Crippen molar-refractivity contribution in [3.8, 4) is 0 Å². The van der Waals surface area contributed by atoms with Gasteiger partial charge in [-0.25, -0.2) is 9.97 Å². The van der Waals surface area contributed by atoms with Gasteiger partial charge in [0, 0.05) is 44.8 Å². The van der Waals surface area contributed by atoms with E-state index in [1.807, 2.05) is 33.2 Å². The number of amides is 1. The maximum absolute atomic E-state index is 12.6. The van der Waals surface area contributed by atoms with Crippen molar-refractivity contribution in [2.24, 2.45) is 0 Å². The van der Waals surface area contributed by atoms with Gasteiger partial charge in [-0.2, -0.15) is 0 Å². The van der Waals surface area contributed by atoms with Gasteiger partial charge < -0.3 is 15.1 Å². The van der Waals surface area contributed by atoms with Gasteiger partial charge in [-0.1, -0.05) is 0 Å². The minimum atomic E-state index is -0.102. The maximum atomic E-state index is 12.6. The summed E-state index contributed by atoms with van der Waals surface area (Å²) in [4.78, 5) is 29.1. The maximum Gasteiger partial charge on any atom is 0.272 e. The normalized spacial score (nSPS) is 10.8. The Hall–Kier alpha value is -2.54. The highest BCUT2D eigenvalue weighted by atomic mass is 16.2. The van der Waals surface area contributed by atoms with Crippen LogP contribution >= 0.6 is 0 Å². The van der Waals surface area contributed by atoms with Gasteiger partial charge in [-0.15, -0.1) is 0 Å². The highest BCUT2D eigenvalue weighted by Gasteiger charge is 2.15. The number of hydrogen-bond acceptors (Lipinski definition) is 6. The quantitative estimate of drug-likeness (QED) is 0.783. The smallest absolute Gasteiger partial charge is 0.272 e. The molecule has 0 bridgehead atoms. The topological polar surface area (TPSA) is 74.2 Å². The Kier molecular flexibility index (Phi) is 6.82. The van der Waals surface area contributed by atoms with E-state index in [2.05, 4.69) is 25.2 Å². The molecule has 7 heteroatoms. The summed E-state index contributed by atoms with van der Waals surface area (Å²) in [6.07, 6.45) is 4.30. The molecule has 25 heavy (non-hydrogen) atoms. The third-order valence-corrected chi connectivity index (χ3v) is 3.75. The van der Waals surface area contributed by atoms with E-state index in [9.17, 15) is 4.79 Å². The van der Waals surface area contributed by atoms with Gasteiger partial charge >= 0.3 is 0 Å². The zero-order chi connectivity index (χ0) is 18.2. The number of hydrogen-bond donors (Lipinski definition) is 1. The van der Waals surface area contributed by atoms with Crippen molar-refractivity contribution in [2.75, 3.05) is 46.1 Å². The summed E-state index contributed by atoms with van der Waals surface area (Å²) in [5, 5.41) is 3.17. The summed E-state index contributed by atoms with van der Waals surface area (Å²) < 4.78 is 0. The standard InChI is InChI=1S/C18H26N6O/c1-14-13-16(22-18(21-14)20-10-12-23(2)3)17(25)24(4)11-7-15-5-8-19-9-6-15/h5-6,8-9,13H,7,10-12H2,1-4H3,(H,20,21,22). The van der Waals surface area contributed by atoms with E-state index in [0.29, 0.717) is 18.2 Å². The highest BCUT2D eigenvalue weighted by molar-refractivity contribution is 5.92. The first-order chi connectivity index (χ1) is 12.0. The lowest BCUT2D eigenvalue weighted by Gasteiger charge is -2.17. The van der Waals surface area contributed by atoms with Crippen molar-refractivity contribution in [3.63, 3.8) is 0 Å². The molecule has 0 fully saturated rings. The Balaban J connectivity index is 1.98. The summed E-state index contributed by atoms with van der Waals surface area (Å²) in [6.45, 7) is 4.08. The van der Waals surface area contributed by atoms with Crippen LogP contribution in [0.1, 0.15) is 21.7 Å². The largest absolute Gasteiger partial charge is 0.353 e. The van der Waals surface area contributed by atoms with Crippen LogP contribution in [0.2, 0.25) is 0 Å². The second-order valence-corrected chi connectivity index (χ2v) is 6.28. The van der Waals surface area contributed by atoms with Crippen molar-refractivity contribution in [2.45, 2.75) is 13.3 Å². The third-order valence-electron chi connectivity index (χ3n) is 3.75. The molecule has 0 aliphatic carbocycles. The zero-order valence-electron chi connectivity index (χ0n) is 15.4. The van der Waals surface area contributed by atoms with Crippen molar-refractivity contribution < 1.29 is 4.79 Å². The van der Waals surface area contributed by atoms with E-state index in [1.54, 1.807) is 30.4 Å². The lowest BCUT2D eigenvalue weighted by atomic mass is 10.2. The molecule has 2 aromatic rings. The molecule has 0 radical (unpaired) electrons. The molecule has 2 rings (SSSR count). The monoisotopic (exact) mass is 342 g/mol. The average Bonchev–Trinajstić information content (AvgIpc) is 2.59. The molecule has 1 N–H and O–H groups in total. The predicted octanol–water partition coefficient (Wildman–Crippen LogP) is 1.47. The van der Waals surface area contributed by atoms with E-state index in [1.165, 1.54) is 0 Å². The second-order valence-electron chi connectivity index (χ2n) is 6.28. The predicted molar refractivity (Wildman–Crippen MR) is 98.7 cm³/mol. The van der Waals surface area contributed by atoms with Crippen molar-refractivity contribution in [3.05, 3.63) is 47.5 Å². The first kappa shape index (κ1) is 18.8. The van der Waals surface area contributed by atoms with E-state index in [-0.39, 0.29) is 5.91 Å². The lowest BCUT2D eigenvalue weighted by molar-refractivity contribution is 0.0790. The number of nitrogens with zero attached hydrogens (tertiary/aromatic N) is 5. The van der Waals surface area contributed by atoms with E-state index >= 15 is 0 Å². The fourth-order valence-corrected chi connectivity index (χ4v) is 2.29. The minimum Gasteiger partial charge on any atom is -0.353 e. The van der Waals surface area contributed by atoms with Crippen LogP contribution in [0.5, 0.6) is 0 Å². The summed E-state index contributed by atoms with van der Waals surface area (Å²) in [6, 6.07) is 5.64. The molecule has 0 aromatic carbocycles. The molecule has 0 aliphatic heterocycles. The van der Waals surface area contributed by atoms with Gasteiger partial charge in [0.2, 0.25) is 5.95 Å². The Morgan fingerprint density at radius 3 is 2.52 bits per heavy atom. The number of aryl methyl sites for hydroxylation is 1. The first-order valence-electron chi connectivity index (χ1n) is 8.34. The van der Waals surface area contributed by atoms with Crippen LogP contribution in [0.3, 0.4) is 0 Å². The van der Waals surface area contributed by atoms with Crippen LogP contribution in [0.15, 0.2) is 30.6 Å². The van der Waals surface area contributed by atoms with Crippen LogP contribution in [0.25, 0.3) is 0 Å². The third kappa shape index (κ3) is 6.11. The van der Waals surface area contributed by atoms with Crippen LogP contribution in [0, 0.1) is 6.92 Å². The van der Waals surface area contributed by atoms with Crippen LogP contribution in [-0.2, 0) is 6.42 Å². The van der Waals surface area contributed by atoms with Crippen LogP contribution in [0.4, 0.5) is 5.95 Å². The molecule has 134 valence electrons. The summed E-state index contributed by atoms with van der Waals surface area (Å²) in [7, 11) is 5.80. The Morgan fingerprint density at radius 1 is 1.12 bits per heavy atom. The minimum absolute atomic E-state index is 0.102. The second kappa shape index (κ2) is 9.08. The molecule has 0 saturated carbocycles. The summed E-state index contributed by atoms with van der Waals surface area (Å²) in [5.41, 5.74) is 2.34. The molecule has 7 nitrogen and oxygen atoms in total. The molecular weight excluding hydrogens is 316 g/mol. The van der Waals surface area contributed by atoms with Crippen LogP contribution < -0.4 is 5.32 Å². The number of anilines is 1. The van der Waals surface area contributed by atoms with E-state index in [0.717, 1.165) is 30.8 Å². The number of pyridine rings is 1. The Labute approximate surface area is 149 Å². The zero-order valence-corrected chi connectivity index (χ0v) is 15.4. The van der Waals surface area contributed by atoms with Gasteiger partial charge in [-0.05, 0) is 51.2 Å². The molecule has 2 heterocycles. The number of carbonyl (C=O) groups excluding carboxylic acids is 1. The molecule has 0 aliphatic rings. The lowest BCUT2D eigenvalue weighted by Crippen LogP contribution is -2.30. The highest BCUT2D eigenvalue weighted by Crippen LogP contribution is 2.08. The number of rotatable bonds is 8. The average molecular weight is 342 g/mol. The summed E-state index contributed by atoms with van der Waals surface area (Å²) >= 11 is 0. The number of nitrogens with one attached hydrogen (secondary N) is 1. The Morgan fingerprint density at radius 2 is 1.84 bits per heavy atom. The number of carbonyl (C=O) groups is 1. The van der Waals surface area contributed by atoms with Crippen LogP contribution in [-0.4, -0.2) is 71.4 Å². The molecular formula is C18H26N6O. The first-order valence-corrected chi connectivity index (χ1v) is 8.34. The number of aromatic nitrogens is 3. The van der Waals surface area contributed by atoms with E-state index in [4.69, 9.17) is 0 Å². The van der Waals surface area contributed by atoms with Gasteiger partial charge in [0.15, 0.2) is 0 Å². The van der Waals surface area contributed by atoms with Gasteiger partial charge in [-0.3, -0.25) is 9.78 Å². The molecule has 1 amide bonds. The fourth-order valence-electron chi connectivity index (χ4n) is 2.29. The van der Waals surface area contributed by atoms with Crippen molar-refractivity contribution in [1.82, 2.24) is 24.8 Å². The SMILES string of the molecule is Cc1cc(C(=O)N(C)CCc2ccncc2)nc(NCCN(C)C)n1. The summed E-state index contributed by atoms with van der Waals surface area (Å²) in [5.74, 6) is 0.392. The van der Waals surface area contributed by atoms with Crippen molar-refractivity contribution >= 4 is 11.9 Å².